The Balaban J connectivity index is 1.99. The maximum atomic E-state index is 12.9. The van der Waals surface area contributed by atoms with E-state index in [2.05, 4.69) is 16.0 Å². The number of rotatable bonds is 3. The van der Waals surface area contributed by atoms with Gasteiger partial charge in [0.2, 0.25) is 0 Å². The topological polar surface area (TPSA) is 90.5 Å². The first-order valence-electron chi connectivity index (χ1n) is 7.90. The number of allylic oxidation sites excluding steroid dienone is 1. The number of phenols is 1. The van der Waals surface area contributed by atoms with Gasteiger partial charge in [-0.2, -0.15) is 0 Å². The molecule has 0 fully saturated rings. The van der Waals surface area contributed by atoms with Crippen LogP contribution in [-0.2, 0) is 4.79 Å². The van der Waals surface area contributed by atoms with E-state index in [1.165, 1.54) is 6.07 Å². The minimum atomic E-state index is -0.737. The maximum Gasteiger partial charge on any atom is 0.319 e. The fourth-order valence-corrected chi connectivity index (χ4v) is 2.86. The Morgan fingerprint density at radius 2 is 1.76 bits per heavy atom. The summed E-state index contributed by atoms with van der Waals surface area (Å²) >= 11 is 0. The quantitative estimate of drug-likeness (QED) is 0.694. The summed E-state index contributed by atoms with van der Waals surface area (Å²) in [5.74, 6) is -0.323. The molecule has 0 aromatic heterocycles. The molecule has 0 radical (unpaired) electrons. The number of nitrogens with one attached hydrogen (secondary N) is 3. The maximum absolute atomic E-state index is 12.9. The molecule has 4 N–H and O–H groups in total. The molecule has 1 aliphatic heterocycles. The molecule has 2 aromatic rings. The largest absolute Gasteiger partial charge is 0.508 e. The van der Waals surface area contributed by atoms with Gasteiger partial charge in [0.25, 0.3) is 5.91 Å². The average Bonchev–Trinajstić information content (AvgIpc) is 2.56. The highest BCUT2D eigenvalue weighted by Crippen LogP contribution is 2.32. The molecule has 0 unspecified atom stereocenters. The summed E-state index contributed by atoms with van der Waals surface area (Å²) < 4.78 is 0. The van der Waals surface area contributed by atoms with Gasteiger partial charge in [-0.3, -0.25) is 4.79 Å². The van der Waals surface area contributed by atoms with Crippen molar-refractivity contribution in [2.45, 2.75) is 19.9 Å². The first-order chi connectivity index (χ1) is 12.0. The molecule has 0 aliphatic carbocycles. The third kappa shape index (κ3) is 3.33. The van der Waals surface area contributed by atoms with Crippen molar-refractivity contribution in [3.8, 4) is 5.75 Å². The molecular formula is C19H19N3O3. The van der Waals surface area contributed by atoms with E-state index in [1.54, 1.807) is 25.1 Å². The number of phenolic OH excluding ortho intramolecular Hbond substituents is 1. The van der Waals surface area contributed by atoms with Crippen molar-refractivity contribution in [2.75, 3.05) is 5.32 Å². The molecule has 25 heavy (non-hydrogen) atoms. The van der Waals surface area contributed by atoms with E-state index in [1.807, 2.05) is 31.2 Å². The zero-order chi connectivity index (χ0) is 18.0. The standard InChI is InChI=1S/C19H19N3O3/c1-11-7-3-5-9-14(11)21-18(24)16-12(2)20-19(25)22-17(16)13-8-4-6-10-15(13)23/h3-10,17,23H,1-2H3,(H,21,24)(H2,20,22,25)/t17-/m0/s1. The van der Waals surface area contributed by atoms with E-state index in [0.29, 0.717) is 22.5 Å². The molecule has 128 valence electrons. The fraction of sp³-hybridized carbons (Fsp3) is 0.158. The average molecular weight is 337 g/mol. The second-order valence-corrected chi connectivity index (χ2v) is 5.90. The predicted octanol–water partition coefficient (Wildman–Crippen LogP) is 2.97. The van der Waals surface area contributed by atoms with Gasteiger partial charge in [0.1, 0.15) is 5.75 Å². The molecule has 3 amide bonds. The lowest BCUT2D eigenvalue weighted by atomic mass is 9.94. The zero-order valence-corrected chi connectivity index (χ0v) is 14.0. The van der Waals surface area contributed by atoms with Gasteiger partial charge in [-0.25, -0.2) is 4.79 Å². The molecule has 3 rings (SSSR count). The molecule has 1 atom stereocenters. The number of carbonyl (C=O) groups excluding carboxylic acids is 2. The van der Waals surface area contributed by atoms with Crippen LogP contribution in [0.4, 0.5) is 10.5 Å². The van der Waals surface area contributed by atoms with Crippen LogP contribution in [0.5, 0.6) is 5.75 Å². The van der Waals surface area contributed by atoms with Crippen molar-refractivity contribution >= 4 is 17.6 Å². The Labute approximate surface area is 145 Å². The van der Waals surface area contributed by atoms with E-state index >= 15 is 0 Å². The summed E-state index contributed by atoms with van der Waals surface area (Å²) in [6, 6.07) is 12.9. The minimum absolute atomic E-state index is 0.0173. The van der Waals surface area contributed by atoms with E-state index in [9.17, 15) is 14.7 Å². The Morgan fingerprint density at radius 3 is 2.48 bits per heavy atom. The highest BCUT2D eigenvalue weighted by atomic mass is 16.3. The number of amides is 3. The lowest BCUT2D eigenvalue weighted by Crippen LogP contribution is -2.46. The van der Waals surface area contributed by atoms with E-state index in [0.717, 1.165) is 5.56 Å². The normalized spacial score (nSPS) is 16.9. The zero-order valence-electron chi connectivity index (χ0n) is 14.0. The summed E-state index contributed by atoms with van der Waals surface area (Å²) in [7, 11) is 0. The summed E-state index contributed by atoms with van der Waals surface area (Å²) in [5.41, 5.74) is 2.89. The number of aryl methyl sites for hydroxylation is 1. The van der Waals surface area contributed by atoms with Crippen LogP contribution in [0, 0.1) is 6.92 Å². The van der Waals surface area contributed by atoms with Gasteiger partial charge in [0, 0.05) is 16.9 Å². The van der Waals surface area contributed by atoms with Crippen LogP contribution in [0.3, 0.4) is 0 Å². The van der Waals surface area contributed by atoms with Crippen molar-refractivity contribution in [1.82, 2.24) is 10.6 Å². The van der Waals surface area contributed by atoms with Crippen LogP contribution < -0.4 is 16.0 Å². The summed E-state index contributed by atoms with van der Waals surface area (Å²) in [6.45, 7) is 3.57. The van der Waals surface area contributed by atoms with E-state index < -0.39 is 12.1 Å². The monoisotopic (exact) mass is 337 g/mol. The Morgan fingerprint density at radius 1 is 1.08 bits per heavy atom. The Hall–Kier alpha value is -3.28. The van der Waals surface area contributed by atoms with Gasteiger partial charge in [-0.05, 0) is 31.5 Å². The van der Waals surface area contributed by atoms with Gasteiger partial charge in [0.05, 0.1) is 11.6 Å². The number of benzene rings is 2. The van der Waals surface area contributed by atoms with Crippen LogP contribution >= 0.6 is 0 Å². The Kier molecular flexibility index (Phi) is 4.43. The highest BCUT2D eigenvalue weighted by molar-refractivity contribution is 6.07. The van der Waals surface area contributed by atoms with E-state index in [-0.39, 0.29) is 11.7 Å². The molecular weight excluding hydrogens is 318 g/mol. The third-order valence-corrected chi connectivity index (χ3v) is 4.15. The van der Waals surface area contributed by atoms with Crippen molar-refractivity contribution in [1.29, 1.82) is 0 Å². The lowest BCUT2D eigenvalue weighted by Gasteiger charge is -2.29. The van der Waals surface area contributed by atoms with Gasteiger partial charge in [0.15, 0.2) is 0 Å². The number of aromatic hydroxyl groups is 1. The van der Waals surface area contributed by atoms with Crippen LogP contribution in [0.15, 0.2) is 59.8 Å². The number of urea groups is 1. The first kappa shape index (κ1) is 16.6. The van der Waals surface area contributed by atoms with Crippen LogP contribution in [-0.4, -0.2) is 17.0 Å². The highest BCUT2D eigenvalue weighted by Gasteiger charge is 2.32. The summed E-state index contributed by atoms with van der Waals surface area (Å²) in [4.78, 5) is 24.8. The fourth-order valence-electron chi connectivity index (χ4n) is 2.86. The lowest BCUT2D eigenvalue weighted by molar-refractivity contribution is -0.113. The number of hydrogen-bond donors (Lipinski definition) is 4. The molecule has 1 heterocycles. The second-order valence-electron chi connectivity index (χ2n) is 5.90. The van der Waals surface area contributed by atoms with Crippen molar-refractivity contribution in [2.24, 2.45) is 0 Å². The molecule has 0 spiro atoms. The van der Waals surface area contributed by atoms with Crippen molar-refractivity contribution in [3.63, 3.8) is 0 Å². The molecule has 2 aromatic carbocycles. The predicted molar refractivity (Wildman–Crippen MR) is 95.0 cm³/mol. The molecule has 0 saturated heterocycles. The van der Waals surface area contributed by atoms with Gasteiger partial charge < -0.3 is 21.1 Å². The number of carbonyl (C=O) groups is 2. The van der Waals surface area contributed by atoms with Gasteiger partial charge >= 0.3 is 6.03 Å². The van der Waals surface area contributed by atoms with Crippen molar-refractivity contribution in [3.05, 3.63) is 70.9 Å². The van der Waals surface area contributed by atoms with Crippen LogP contribution in [0.1, 0.15) is 24.1 Å². The summed E-state index contributed by atoms with van der Waals surface area (Å²) in [6.07, 6.45) is 0. The smallest absolute Gasteiger partial charge is 0.319 e. The number of anilines is 1. The minimum Gasteiger partial charge on any atom is -0.508 e. The number of para-hydroxylation sites is 2. The van der Waals surface area contributed by atoms with Gasteiger partial charge in [-0.1, -0.05) is 36.4 Å². The molecule has 6 heteroatoms. The van der Waals surface area contributed by atoms with Crippen molar-refractivity contribution < 1.29 is 14.7 Å². The molecule has 0 bridgehead atoms. The molecule has 0 saturated carbocycles. The SMILES string of the molecule is CC1=C(C(=O)Nc2ccccc2C)[C@H](c2ccccc2O)NC(=O)N1. The van der Waals surface area contributed by atoms with Gasteiger partial charge in [-0.15, -0.1) is 0 Å². The third-order valence-electron chi connectivity index (χ3n) is 4.15. The molecule has 1 aliphatic rings. The van der Waals surface area contributed by atoms with E-state index in [4.69, 9.17) is 0 Å². The Bertz CT molecular complexity index is 874. The first-order valence-corrected chi connectivity index (χ1v) is 7.90. The summed E-state index contributed by atoms with van der Waals surface area (Å²) in [5, 5.41) is 18.3. The van der Waals surface area contributed by atoms with Crippen LogP contribution in [0.25, 0.3) is 0 Å². The second kappa shape index (κ2) is 6.68. The number of hydrogen-bond acceptors (Lipinski definition) is 3. The van der Waals surface area contributed by atoms with Crippen LogP contribution in [0.2, 0.25) is 0 Å². The molecule has 6 nitrogen and oxygen atoms in total.